The molecule has 0 aliphatic carbocycles. The Hall–Kier alpha value is -2.31. The number of hydrogen-bond donors (Lipinski definition) is 1. The number of pyridine rings is 1. The predicted molar refractivity (Wildman–Crippen MR) is 118 cm³/mol. The summed E-state index contributed by atoms with van der Waals surface area (Å²) in [6.07, 6.45) is 2.71. The first kappa shape index (κ1) is 20.0. The van der Waals surface area contributed by atoms with Crippen LogP contribution in [0.4, 0.5) is 5.82 Å². The van der Waals surface area contributed by atoms with Gasteiger partial charge in [-0.25, -0.2) is 4.98 Å². The lowest BCUT2D eigenvalue weighted by Gasteiger charge is -2.22. The SMILES string of the molecule is CCc1cnc(N)c2c(C)nn(C(C)c3cc(Cl)c(C)c4c3OCCN(C)C4)c12. The van der Waals surface area contributed by atoms with Gasteiger partial charge in [-0.05, 0) is 51.4 Å². The summed E-state index contributed by atoms with van der Waals surface area (Å²) in [5.41, 5.74) is 12.6. The average Bonchev–Trinajstić information content (AvgIpc) is 2.92. The van der Waals surface area contributed by atoms with Crippen LogP contribution in [0.1, 0.15) is 47.8 Å². The highest BCUT2D eigenvalue weighted by atomic mass is 35.5. The standard InChI is InChI=1S/C22H28ClN5O/c1-6-15-10-25-22(24)19-13(3)26-28(20(15)19)14(4)16-9-18(23)12(2)17-11-27(5)7-8-29-21(16)17/h9-10,14H,6-8,11H2,1-5H3,(H2,24,25). The lowest BCUT2D eigenvalue weighted by atomic mass is 9.98. The number of aromatic nitrogens is 3. The minimum atomic E-state index is -0.0615. The summed E-state index contributed by atoms with van der Waals surface area (Å²) in [5.74, 6) is 1.46. The average molecular weight is 414 g/mol. The van der Waals surface area contributed by atoms with Crippen molar-refractivity contribution >= 4 is 28.3 Å². The van der Waals surface area contributed by atoms with Crippen molar-refractivity contribution in [3.63, 3.8) is 0 Å². The molecule has 7 heteroatoms. The quantitative estimate of drug-likeness (QED) is 0.694. The van der Waals surface area contributed by atoms with Crippen LogP contribution in [-0.2, 0) is 13.0 Å². The van der Waals surface area contributed by atoms with Crippen LogP contribution in [0.5, 0.6) is 5.75 Å². The van der Waals surface area contributed by atoms with Crippen LogP contribution in [0, 0.1) is 13.8 Å². The Morgan fingerprint density at radius 1 is 1.34 bits per heavy atom. The Bertz CT molecular complexity index is 1090. The van der Waals surface area contributed by atoms with E-state index in [1.54, 1.807) is 0 Å². The van der Waals surface area contributed by atoms with Gasteiger partial charge in [0.05, 0.1) is 22.6 Å². The second-order valence-corrected chi connectivity index (χ2v) is 8.33. The summed E-state index contributed by atoms with van der Waals surface area (Å²) in [6.45, 7) is 10.7. The molecule has 0 saturated carbocycles. The normalized spacial score (nSPS) is 15.8. The van der Waals surface area contributed by atoms with Crippen LogP contribution < -0.4 is 10.5 Å². The van der Waals surface area contributed by atoms with Gasteiger partial charge in [0.2, 0.25) is 0 Å². The monoisotopic (exact) mass is 413 g/mol. The van der Waals surface area contributed by atoms with E-state index >= 15 is 0 Å². The number of rotatable bonds is 3. The fourth-order valence-electron chi connectivity index (χ4n) is 4.23. The van der Waals surface area contributed by atoms with Gasteiger partial charge in [0.25, 0.3) is 0 Å². The molecule has 6 nitrogen and oxygen atoms in total. The molecule has 0 bridgehead atoms. The lowest BCUT2D eigenvalue weighted by Crippen LogP contribution is -2.20. The van der Waals surface area contributed by atoms with E-state index in [4.69, 9.17) is 27.2 Å². The van der Waals surface area contributed by atoms with Crippen molar-refractivity contribution in [3.8, 4) is 5.75 Å². The number of benzene rings is 1. The summed E-state index contributed by atoms with van der Waals surface area (Å²) in [7, 11) is 2.11. The molecular formula is C22H28ClN5O. The molecule has 1 aromatic carbocycles. The largest absolute Gasteiger partial charge is 0.492 e. The van der Waals surface area contributed by atoms with E-state index in [2.05, 4.69) is 42.4 Å². The molecule has 1 atom stereocenters. The van der Waals surface area contributed by atoms with Crippen LogP contribution in [0.3, 0.4) is 0 Å². The lowest BCUT2D eigenvalue weighted by molar-refractivity contribution is 0.256. The Morgan fingerprint density at radius 3 is 2.83 bits per heavy atom. The maximum atomic E-state index is 6.66. The van der Waals surface area contributed by atoms with Gasteiger partial charge in [-0.2, -0.15) is 5.10 Å². The van der Waals surface area contributed by atoms with E-state index in [9.17, 15) is 0 Å². The van der Waals surface area contributed by atoms with Gasteiger partial charge in [0, 0.05) is 35.4 Å². The number of likely N-dealkylation sites (N-methyl/N-ethyl adjacent to an activating group) is 1. The van der Waals surface area contributed by atoms with Crippen molar-refractivity contribution in [1.29, 1.82) is 0 Å². The molecule has 1 aliphatic heterocycles. The second kappa shape index (κ2) is 7.50. The zero-order chi connectivity index (χ0) is 20.9. The van der Waals surface area contributed by atoms with Crippen molar-refractivity contribution < 1.29 is 4.74 Å². The molecule has 0 amide bonds. The molecule has 4 rings (SSSR count). The third kappa shape index (κ3) is 3.24. The number of fused-ring (bicyclic) bond motifs is 2. The molecule has 0 spiro atoms. The van der Waals surface area contributed by atoms with Gasteiger partial charge in [0.1, 0.15) is 18.2 Å². The van der Waals surface area contributed by atoms with E-state index < -0.39 is 0 Å². The van der Waals surface area contributed by atoms with Crippen molar-refractivity contribution in [2.45, 2.75) is 46.7 Å². The van der Waals surface area contributed by atoms with Crippen LogP contribution >= 0.6 is 11.6 Å². The number of nitrogens with two attached hydrogens (primary N) is 1. The third-order valence-corrected chi connectivity index (χ3v) is 6.37. The number of nitrogen functional groups attached to an aromatic ring is 1. The number of nitrogens with zero attached hydrogens (tertiary/aromatic N) is 4. The minimum absolute atomic E-state index is 0.0615. The van der Waals surface area contributed by atoms with E-state index in [1.165, 1.54) is 0 Å². The molecule has 29 heavy (non-hydrogen) atoms. The zero-order valence-electron chi connectivity index (χ0n) is 17.7. The van der Waals surface area contributed by atoms with Gasteiger partial charge in [-0.15, -0.1) is 0 Å². The number of ether oxygens (including phenoxy) is 1. The van der Waals surface area contributed by atoms with E-state index in [-0.39, 0.29) is 6.04 Å². The second-order valence-electron chi connectivity index (χ2n) is 7.92. The van der Waals surface area contributed by atoms with Gasteiger partial charge in [0.15, 0.2) is 0 Å². The summed E-state index contributed by atoms with van der Waals surface area (Å²) >= 11 is 6.66. The summed E-state index contributed by atoms with van der Waals surface area (Å²) in [5, 5.41) is 6.55. The smallest absolute Gasteiger partial charge is 0.134 e. The molecule has 0 radical (unpaired) electrons. The van der Waals surface area contributed by atoms with Crippen molar-refractivity contribution in [2.24, 2.45) is 0 Å². The van der Waals surface area contributed by atoms with Crippen LogP contribution in [-0.4, -0.2) is 39.9 Å². The molecular weight excluding hydrogens is 386 g/mol. The molecule has 3 heterocycles. The van der Waals surface area contributed by atoms with Crippen molar-refractivity contribution in [2.75, 3.05) is 25.9 Å². The van der Waals surface area contributed by atoms with Gasteiger partial charge in [-0.3, -0.25) is 9.58 Å². The first-order valence-corrected chi connectivity index (χ1v) is 10.5. The third-order valence-electron chi connectivity index (χ3n) is 5.98. The molecule has 1 aliphatic rings. The molecule has 2 N–H and O–H groups in total. The first-order chi connectivity index (χ1) is 13.8. The van der Waals surface area contributed by atoms with Crippen LogP contribution in [0.2, 0.25) is 5.02 Å². The number of anilines is 1. The van der Waals surface area contributed by atoms with Crippen LogP contribution in [0.25, 0.3) is 10.9 Å². The molecule has 154 valence electrons. The molecule has 2 aromatic heterocycles. The number of aryl methyl sites for hydroxylation is 2. The van der Waals surface area contributed by atoms with Crippen LogP contribution in [0.15, 0.2) is 12.3 Å². The van der Waals surface area contributed by atoms with Gasteiger partial charge >= 0.3 is 0 Å². The first-order valence-electron chi connectivity index (χ1n) is 10.1. The zero-order valence-corrected chi connectivity index (χ0v) is 18.5. The van der Waals surface area contributed by atoms with Crippen molar-refractivity contribution in [3.05, 3.63) is 45.2 Å². The van der Waals surface area contributed by atoms with Crippen molar-refractivity contribution in [1.82, 2.24) is 19.7 Å². The Morgan fingerprint density at radius 2 is 2.10 bits per heavy atom. The highest BCUT2D eigenvalue weighted by Crippen LogP contribution is 2.40. The Labute approximate surface area is 176 Å². The Balaban J connectivity index is 1.95. The summed E-state index contributed by atoms with van der Waals surface area (Å²) in [4.78, 5) is 6.64. The fourth-order valence-corrected chi connectivity index (χ4v) is 4.46. The molecule has 3 aromatic rings. The Kier molecular flexibility index (Phi) is 5.17. The molecule has 1 unspecified atom stereocenters. The minimum Gasteiger partial charge on any atom is -0.492 e. The van der Waals surface area contributed by atoms with Gasteiger partial charge < -0.3 is 10.5 Å². The van der Waals surface area contributed by atoms with Gasteiger partial charge in [-0.1, -0.05) is 18.5 Å². The van der Waals surface area contributed by atoms with E-state index in [0.717, 1.165) is 69.1 Å². The molecule has 0 fully saturated rings. The summed E-state index contributed by atoms with van der Waals surface area (Å²) in [6, 6.07) is 1.97. The highest BCUT2D eigenvalue weighted by Gasteiger charge is 2.26. The topological polar surface area (TPSA) is 69.2 Å². The maximum absolute atomic E-state index is 6.66. The predicted octanol–water partition coefficient (Wildman–Crippen LogP) is 4.28. The molecule has 0 saturated heterocycles. The number of hydrogen-bond acceptors (Lipinski definition) is 5. The highest BCUT2D eigenvalue weighted by molar-refractivity contribution is 6.31. The maximum Gasteiger partial charge on any atom is 0.134 e. The number of halogens is 1. The fraction of sp³-hybridized carbons (Fsp3) is 0.455. The summed E-state index contributed by atoms with van der Waals surface area (Å²) < 4.78 is 8.31. The van der Waals surface area contributed by atoms with E-state index in [1.807, 2.05) is 19.2 Å². The van der Waals surface area contributed by atoms with E-state index in [0.29, 0.717) is 12.4 Å².